The van der Waals surface area contributed by atoms with E-state index in [1.807, 2.05) is 0 Å². The van der Waals surface area contributed by atoms with Crippen LogP contribution in [0.25, 0.3) is 0 Å². The molecule has 0 heterocycles. The summed E-state index contributed by atoms with van der Waals surface area (Å²) in [4.78, 5) is 12.7. The molecule has 0 radical (unpaired) electrons. The lowest BCUT2D eigenvalue weighted by molar-refractivity contribution is 0.102. The monoisotopic (exact) mass is 386 g/mol. The van der Waals surface area contributed by atoms with Gasteiger partial charge >= 0.3 is 0 Å². The molecule has 0 atom stereocenters. The third-order valence-corrected chi connectivity index (χ3v) is 5.30. The van der Waals surface area contributed by atoms with E-state index in [2.05, 4.69) is 10.0 Å². The number of carbonyl (C=O) groups excluding carboxylic acids is 1. The van der Waals surface area contributed by atoms with Gasteiger partial charge in [-0.1, -0.05) is 54.1 Å². The first-order valence-electron chi connectivity index (χ1n) is 7.70. The summed E-state index contributed by atoms with van der Waals surface area (Å²) in [6.07, 6.45) is 0. The average Bonchev–Trinajstić information content (AvgIpc) is 2.64. The molecular formula is C19H15ClN2O3S. The van der Waals surface area contributed by atoms with Gasteiger partial charge < -0.3 is 5.32 Å². The topological polar surface area (TPSA) is 75.3 Å². The molecule has 7 heteroatoms. The molecule has 0 spiro atoms. The number of anilines is 2. The minimum atomic E-state index is -3.81. The van der Waals surface area contributed by atoms with Gasteiger partial charge in [-0.05, 0) is 36.4 Å². The smallest absolute Gasteiger partial charge is 0.261 e. The fourth-order valence-electron chi connectivity index (χ4n) is 2.33. The molecule has 0 saturated carbocycles. The Morgan fingerprint density at radius 3 is 2.04 bits per heavy atom. The largest absolute Gasteiger partial charge is 0.321 e. The molecule has 0 saturated heterocycles. The molecule has 0 aliphatic carbocycles. The number of para-hydroxylation sites is 2. The van der Waals surface area contributed by atoms with Crippen molar-refractivity contribution in [1.82, 2.24) is 0 Å². The number of sulfonamides is 1. The van der Waals surface area contributed by atoms with Gasteiger partial charge in [0.05, 0.1) is 26.9 Å². The van der Waals surface area contributed by atoms with E-state index >= 15 is 0 Å². The highest BCUT2D eigenvalue weighted by Gasteiger charge is 2.18. The molecule has 3 aromatic rings. The average molecular weight is 387 g/mol. The van der Waals surface area contributed by atoms with Gasteiger partial charge in [-0.2, -0.15) is 0 Å². The standard InChI is InChI=1S/C19H15ClN2O3S/c20-16-11-5-7-13-18(16)21-19(23)15-10-4-6-12-17(15)22-26(24,25)14-8-2-1-3-9-14/h1-13,22H,(H,21,23). The Bertz CT molecular complexity index is 1040. The molecule has 0 aromatic heterocycles. The minimum absolute atomic E-state index is 0.112. The van der Waals surface area contributed by atoms with Gasteiger partial charge in [0.15, 0.2) is 0 Å². The van der Waals surface area contributed by atoms with Crippen molar-refractivity contribution in [3.63, 3.8) is 0 Å². The zero-order valence-corrected chi connectivity index (χ0v) is 15.1. The molecule has 0 aliphatic rings. The Balaban J connectivity index is 1.89. The van der Waals surface area contributed by atoms with Crippen molar-refractivity contribution >= 4 is 38.9 Å². The number of halogens is 1. The highest BCUT2D eigenvalue weighted by molar-refractivity contribution is 7.92. The van der Waals surface area contributed by atoms with Gasteiger partial charge in [-0.3, -0.25) is 9.52 Å². The molecule has 132 valence electrons. The van der Waals surface area contributed by atoms with E-state index in [1.54, 1.807) is 54.6 Å². The van der Waals surface area contributed by atoms with Crippen LogP contribution in [0.1, 0.15) is 10.4 Å². The van der Waals surface area contributed by atoms with Crippen LogP contribution in [0.5, 0.6) is 0 Å². The molecule has 5 nitrogen and oxygen atoms in total. The number of hydrogen-bond acceptors (Lipinski definition) is 3. The van der Waals surface area contributed by atoms with Gasteiger partial charge in [0.2, 0.25) is 0 Å². The van der Waals surface area contributed by atoms with Crippen LogP contribution >= 0.6 is 11.6 Å². The number of amides is 1. The summed E-state index contributed by atoms with van der Waals surface area (Å²) in [7, 11) is -3.81. The maximum absolute atomic E-state index is 12.6. The van der Waals surface area contributed by atoms with Gasteiger partial charge in [0.1, 0.15) is 0 Å². The van der Waals surface area contributed by atoms with Crippen LogP contribution in [0, 0.1) is 0 Å². The lowest BCUT2D eigenvalue weighted by atomic mass is 10.1. The summed E-state index contributed by atoms with van der Waals surface area (Å²) in [5.74, 6) is -0.468. The first-order valence-corrected chi connectivity index (χ1v) is 9.56. The molecule has 3 aromatic carbocycles. The van der Waals surface area contributed by atoms with Crippen molar-refractivity contribution in [3.05, 3.63) is 89.4 Å². The fourth-order valence-corrected chi connectivity index (χ4v) is 3.61. The number of rotatable bonds is 5. The third kappa shape index (κ3) is 4.04. The van der Waals surface area contributed by atoms with E-state index in [0.29, 0.717) is 10.7 Å². The second-order valence-corrected chi connectivity index (χ2v) is 7.49. The van der Waals surface area contributed by atoms with Gasteiger partial charge in [0, 0.05) is 0 Å². The summed E-state index contributed by atoms with van der Waals surface area (Å²) in [5.41, 5.74) is 0.813. The van der Waals surface area contributed by atoms with E-state index in [1.165, 1.54) is 24.3 Å². The predicted octanol–water partition coefficient (Wildman–Crippen LogP) is 4.39. The van der Waals surface area contributed by atoms with Crippen LogP contribution in [0.3, 0.4) is 0 Å². The lowest BCUT2D eigenvalue weighted by Gasteiger charge is -2.13. The maximum atomic E-state index is 12.6. The molecule has 2 N–H and O–H groups in total. The van der Waals surface area contributed by atoms with Crippen LogP contribution < -0.4 is 10.0 Å². The van der Waals surface area contributed by atoms with Crippen molar-refractivity contribution in [2.24, 2.45) is 0 Å². The van der Waals surface area contributed by atoms with Gasteiger partial charge in [0.25, 0.3) is 15.9 Å². The van der Waals surface area contributed by atoms with Crippen molar-refractivity contribution in [2.45, 2.75) is 4.90 Å². The predicted molar refractivity (Wildman–Crippen MR) is 103 cm³/mol. The van der Waals surface area contributed by atoms with Crippen LogP contribution in [0.4, 0.5) is 11.4 Å². The third-order valence-electron chi connectivity index (χ3n) is 3.59. The minimum Gasteiger partial charge on any atom is -0.321 e. The fraction of sp³-hybridized carbons (Fsp3) is 0. The van der Waals surface area contributed by atoms with E-state index in [9.17, 15) is 13.2 Å². The van der Waals surface area contributed by atoms with Crippen molar-refractivity contribution in [3.8, 4) is 0 Å². The summed E-state index contributed by atoms with van der Waals surface area (Å²) >= 11 is 6.06. The second kappa shape index (κ2) is 7.59. The second-order valence-electron chi connectivity index (χ2n) is 5.40. The number of carbonyl (C=O) groups is 1. The molecule has 1 amide bonds. The summed E-state index contributed by atoms with van der Waals surface area (Å²) < 4.78 is 27.5. The van der Waals surface area contributed by atoms with Gasteiger partial charge in [-0.15, -0.1) is 0 Å². The number of hydrogen-bond donors (Lipinski definition) is 2. The number of nitrogens with one attached hydrogen (secondary N) is 2. The van der Waals surface area contributed by atoms with Gasteiger partial charge in [-0.25, -0.2) is 8.42 Å². The van der Waals surface area contributed by atoms with E-state index in [4.69, 9.17) is 11.6 Å². The van der Waals surface area contributed by atoms with Crippen LogP contribution in [0.2, 0.25) is 5.02 Å². The molecule has 3 rings (SSSR count). The first-order chi connectivity index (χ1) is 12.5. The lowest BCUT2D eigenvalue weighted by Crippen LogP contribution is -2.18. The summed E-state index contributed by atoms with van der Waals surface area (Å²) in [5, 5.41) is 3.08. The molecule has 0 fully saturated rings. The van der Waals surface area contributed by atoms with E-state index in [-0.39, 0.29) is 16.1 Å². The zero-order chi connectivity index (χ0) is 18.6. The quantitative estimate of drug-likeness (QED) is 0.682. The summed E-state index contributed by atoms with van der Waals surface area (Å²) in [6.45, 7) is 0. The highest BCUT2D eigenvalue weighted by Crippen LogP contribution is 2.24. The van der Waals surface area contributed by atoms with E-state index < -0.39 is 15.9 Å². The molecule has 0 bridgehead atoms. The molecule has 26 heavy (non-hydrogen) atoms. The Labute approximate surface area is 156 Å². The molecular weight excluding hydrogens is 372 g/mol. The highest BCUT2D eigenvalue weighted by atomic mass is 35.5. The Kier molecular flexibility index (Phi) is 5.25. The van der Waals surface area contributed by atoms with Crippen LogP contribution in [-0.4, -0.2) is 14.3 Å². The van der Waals surface area contributed by atoms with Crippen LogP contribution in [0.15, 0.2) is 83.8 Å². The van der Waals surface area contributed by atoms with Crippen molar-refractivity contribution in [1.29, 1.82) is 0 Å². The Morgan fingerprint density at radius 1 is 0.769 bits per heavy atom. The summed E-state index contributed by atoms with van der Waals surface area (Å²) in [6, 6.07) is 21.1. The Hall–Kier alpha value is -2.83. The normalized spacial score (nSPS) is 11.0. The first kappa shape index (κ1) is 18.0. The van der Waals surface area contributed by atoms with Crippen molar-refractivity contribution in [2.75, 3.05) is 10.0 Å². The van der Waals surface area contributed by atoms with Crippen LogP contribution in [-0.2, 0) is 10.0 Å². The number of benzene rings is 3. The molecule has 0 aliphatic heterocycles. The van der Waals surface area contributed by atoms with Crippen molar-refractivity contribution < 1.29 is 13.2 Å². The molecule has 0 unspecified atom stereocenters. The SMILES string of the molecule is O=C(Nc1ccccc1Cl)c1ccccc1NS(=O)(=O)c1ccccc1. The maximum Gasteiger partial charge on any atom is 0.261 e. The van der Waals surface area contributed by atoms with E-state index in [0.717, 1.165) is 0 Å². The Morgan fingerprint density at radius 2 is 1.35 bits per heavy atom. The zero-order valence-electron chi connectivity index (χ0n) is 13.5.